The van der Waals surface area contributed by atoms with Gasteiger partial charge in [0.15, 0.2) is 0 Å². The molecule has 0 unspecified atom stereocenters. The molecule has 0 atom stereocenters. The summed E-state index contributed by atoms with van der Waals surface area (Å²) in [5, 5.41) is 0.922. The van der Waals surface area contributed by atoms with E-state index in [9.17, 15) is 13.2 Å². The van der Waals surface area contributed by atoms with Crippen LogP contribution >= 0.6 is 0 Å². The summed E-state index contributed by atoms with van der Waals surface area (Å²) in [7, 11) is -3.69. The molecule has 3 aromatic rings. The summed E-state index contributed by atoms with van der Waals surface area (Å²) >= 11 is 0. The van der Waals surface area contributed by atoms with E-state index >= 15 is 0 Å². The number of fused-ring (bicyclic) bond motifs is 1. The minimum absolute atomic E-state index is 0.0740. The van der Waals surface area contributed by atoms with E-state index < -0.39 is 10.0 Å². The van der Waals surface area contributed by atoms with Gasteiger partial charge in [0.1, 0.15) is 0 Å². The van der Waals surface area contributed by atoms with Crippen LogP contribution in [0.5, 0.6) is 0 Å². The molecule has 0 aliphatic heterocycles. The molecular formula is C23H26N2O3S. The van der Waals surface area contributed by atoms with Crippen molar-refractivity contribution in [1.82, 2.24) is 9.29 Å². The summed E-state index contributed by atoms with van der Waals surface area (Å²) in [4.78, 5) is 16.0. The molecule has 0 amide bonds. The van der Waals surface area contributed by atoms with Gasteiger partial charge in [-0.2, -0.15) is 4.31 Å². The van der Waals surface area contributed by atoms with E-state index in [1.165, 1.54) is 4.31 Å². The monoisotopic (exact) mass is 410 g/mol. The predicted octanol–water partition coefficient (Wildman–Crippen LogP) is 4.28. The molecular weight excluding hydrogens is 384 g/mol. The van der Waals surface area contributed by atoms with Crippen LogP contribution in [-0.4, -0.2) is 23.7 Å². The van der Waals surface area contributed by atoms with Crippen LogP contribution in [-0.2, 0) is 16.6 Å². The van der Waals surface area contributed by atoms with E-state index in [2.05, 4.69) is 4.98 Å². The molecule has 4 rings (SSSR count). The molecule has 1 aromatic heterocycles. The Kier molecular flexibility index (Phi) is 5.32. The van der Waals surface area contributed by atoms with Crippen LogP contribution < -0.4 is 5.56 Å². The maximum atomic E-state index is 13.4. The summed E-state index contributed by atoms with van der Waals surface area (Å²) in [6, 6.07) is 14.3. The molecule has 0 bridgehead atoms. The normalized spacial score (nSPS) is 15.4. The largest absolute Gasteiger partial charge is 0.322 e. The number of aromatic amines is 1. The quantitative estimate of drug-likeness (QED) is 0.683. The van der Waals surface area contributed by atoms with Gasteiger partial charge in [-0.25, -0.2) is 8.42 Å². The van der Waals surface area contributed by atoms with Crippen LogP contribution in [0, 0.1) is 13.8 Å². The molecule has 1 saturated carbocycles. The number of hydrogen-bond acceptors (Lipinski definition) is 3. The Hall–Kier alpha value is -2.44. The highest BCUT2D eigenvalue weighted by molar-refractivity contribution is 7.89. The van der Waals surface area contributed by atoms with Gasteiger partial charge in [0.25, 0.3) is 5.56 Å². The lowest BCUT2D eigenvalue weighted by atomic mass is 10.0. The Labute approximate surface area is 171 Å². The molecule has 0 spiro atoms. The zero-order valence-corrected chi connectivity index (χ0v) is 17.6. The summed E-state index contributed by atoms with van der Waals surface area (Å²) in [5.41, 5.74) is 3.28. The van der Waals surface area contributed by atoms with Gasteiger partial charge in [0.2, 0.25) is 10.0 Å². The molecule has 1 aliphatic carbocycles. The van der Waals surface area contributed by atoms with Gasteiger partial charge in [-0.15, -0.1) is 0 Å². The molecule has 0 radical (unpaired) electrons. The van der Waals surface area contributed by atoms with Crippen molar-refractivity contribution in [2.24, 2.45) is 0 Å². The third kappa shape index (κ3) is 3.87. The number of hydrogen-bond donors (Lipinski definition) is 1. The molecule has 1 aliphatic rings. The Morgan fingerprint density at radius 3 is 2.34 bits per heavy atom. The smallest absolute Gasteiger partial charge is 0.252 e. The van der Waals surface area contributed by atoms with Gasteiger partial charge < -0.3 is 4.98 Å². The number of aryl methyl sites for hydroxylation is 2. The van der Waals surface area contributed by atoms with E-state index in [1.807, 2.05) is 32.0 Å². The Bertz CT molecular complexity index is 1190. The number of pyridine rings is 1. The first-order valence-corrected chi connectivity index (χ1v) is 11.5. The lowest BCUT2D eigenvalue weighted by Crippen LogP contribution is -2.39. The third-order valence-electron chi connectivity index (χ3n) is 5.94. The summed E-state index contributed by atoms with van der Waals surface area (Å²) in [6.07, 6.45) is 3.68. The Morgan fingerprint density at radius 1 is 1.00 bits per heavy atom. The minimum Gasteiger partial charge on any atom is -0.322 e. The third-order valence-corrected chi connectivity index (χ3v) is 7.86. The molecule has 0 saturated heterocycles. The lowest BCUT2D eigenvalue weighted by Gasteiger charge is -2.28. The molecule has 1 fully saturated rings. The minimum atomic E-state index is -3.69. The number of nitrogens with one attached hydrogen (secondary N) is 1. The molecule has 29 heavy (non-hydrogen) atoms. The van der Waals surface area contributed by atoms with Crippen LogP contribution in [0.2, 0.25) is 0 Å². The van der Waals surface area contributed by atoms with Crippen molar-refractivity contribution in [2.75, 3.05) is 0 Å². The fourth-order valence-electron chi connectivity index (χ4n) is 4.14. The zero-order chi connectivity index (χ0) is 20.6. The highest BCUT2D eigenvalue weighted by Gasteiger charge is 2.33. The fourth-order valence-corrected chi connectivity index (χ4v) is 5.82. The Balaban J connectivity index is 1.78. The van der Waals surface area contributed by atoms with Gasteiger partial charge >= 0.3 is 0 Å². The molecule has 1 N–H and O–H groups in total. The van der Waals surface area contributed by atoms with Crippen LogP contribution in [0.1, 0.15) is 42.4 Å². The average molecular weight is 411 g/mol. The molecule has 1 heterocycles. The van der Waals surface area contributed by atoms with Crippen molar-refractivity contribution in [3.63, 3.8) is 0 Å². The van der Waals surface area contributed by atoms with Crippen molar-refractivity contribution in [1.29, 1.82) is 0 Å². The number of benzene rings is 2. The zero-order valence-electron chi connectivity index (χ0n) is 16.8. The molecule has 6 heteroatoms. The molecule has 152 valence electrons. The van der Waals surface area contributed by atoms with Gasteiger partial charge in [-0.3, -0.25) is 4.79 Å². The van der Waals surface area contributed by atoms with E-state index in [0.29, 0.717) is 5.56 Å². The van der Waals surface area contributed by atoms with Crippen LogP contribution in [0.4, 0.5) is 0 Å². The van der Waals surface area contributed by atoms with Crippen molar-refractivity contribution >= 4 is 20.9 Å². The predicted molar refractivity (Wildman–Crippen MR) is 115 cm³/mol. The number of H-pyrrole nitrogens is 1. The second kappa shape index (κ2) is 7.76. The number of sulfonamides is 1. The fraction of sp³-hybridized carbons (Fsp3) is 0.348. The van der Waals surface area contributed by atoms with E-state index in [0.717, 1.165) is 47.7 Å². The summed E-state index contributed by atoms with van der Waals surface area (Å²) in [5.74, 6) is 0. The highest BCUT2D eigenvalue weighted by Crippen LogP contribution is 2.30. The van der Waals surface area contributed by atoms with Gasteiger partial charge in [-0.1, -0.05) is 31.0 Å². The second-order valence-electron chi connectivity index (χ2n) is 7.95. The first-order valence-electron chi connectivity index (χ1n) is 10.1. The highest BCUT2D eigenvalue weighted by atomic mass is 32.2. The van der Waals surface area contributed by atoms with Gasteiger partial charge in [0, 0.05) is 23.7 Å². The molecule has 5 nitrogen and oxygen atoms in total. The van der Waals surface area contributed by atoms with E-state index in [1.54, 1.807) is 30.3 Å². The van der Waals surface area contributed by atoms with Crippen LogP contribution in [0.3, 0.4) is 0 Å². The van der Waals surface area contributed by atoms with Crippen LogP contribution in [0.15, 0.2) is 58.2 Å². The summed E-state index contributed by atoms with van der Waals surface area (Å²) in [6.45, 7) is 4.12. The van der Waals surface area contributed by atoms with E-state index in [-0.39, 0.29) is 23.0 Å². The number of rotatable bonds is 5. The van der Waals surface area contributed by atoms with Gasteiger partial charge in [-0.05, 0) is 73.5 Å². The first kappa shape index (κ1) is 19.9. The summed E-state index contributed by atoms with van der Waals surface area (Å²) < 4.78 is 28.4. The SMILES string of the molecule is Cc1cc2cc(CN(C3CCCC3)S(=O)(=O)c3ccccc3)c(=O)[nH]c2cc1C. The lowest BCUT2D eigenvalue weighted by molar-refractivity contribution is 0.315. The Morgan fingerprint density at radius 2 is 1.66 bits per heavy atom. The molecule has 2 aromatic carbocycles. The van der Waals surface area contributed by atoms with E-state index in [4.69, 9.17) is 0 Å². The maximum Gasteiger partial charge on any atom is 0.252 e. The maximum absolute atomic E-state index is 13.4. The van der Waals surface area contributed by atoms with Crippen LogP contribution in [0.25, 0.3) is 10.9 Å². The van der Waals surface area contributed by atoms with Gasteiger partial charge in [0.05, 0.1) is 4.90 Å². The van der Waals surface area contributed by atoms with Crippen molar-refractivity contribution in [3.8, 4) is 0 Å². The number of aromatic nitrogens is 1. The van der Waals surface area contributed by atoms with Crippen molar-refractivity contribution < 1.29 is 8.42 Å². The second-order valence-corrected chi connectivity index (χ2v) is 9.84. The first-order chi connectivity index (χ1) is 13.9. The van der Waals surface area contributed by atoms with Crippen molar-refractivity contribution in [2.45, 2.75) is 57.0 Å². The van der Waals surface area contributed by atoms with Crippen molar-refractivity contribution in [3.05, 3.63) is 75.6 Å². The number of nitrogens with zero attached hydrogens (tertiary/aromatic N) is 1. The average Bonchev–Trinajstić information content (AvgIpc) is 3.22. The standard InChI is InChI=1S/C23H26N2O3S/c1-16-12-18-14-19(23(26)24-22(18)13-17(16)2)15-25(20-8-6-7-9-20)29(27,28)21-10-4-3-5-11-21/h3-5,10-14,20H,6-9,15H2,1-2H3,(H,24,26). The topological polar surface area (TPSA) is 70.2 Å².